The zero-order chi connectivity index (χ0) is 10.1. The Morgan fingerprint density at radius 1 is 1.50 bits per heavy atom. The van der Waals surface area contributed by atoms with Crippen molar-refractivity contribution < 1.29 is 4.74 Å². The Labute approximate surface area is 87.3 Å². The molecule has 0 fully saturated rings. The molecule has 0 aliphatic rings. The van der Waals surface area contributed by atoms with E-state index in [-0.39, 0.29) is 0 Å². The normalized spacial score (nSPS) is 10.8. The topological polar surface area (TPSA) is 27.1 Å². The third-order valence-electron chi connectivity index (χ3n) is 2.23. The number of nitrogens with zero attached hydrogens (tertiary/aromatic N) is 2. The van der Waals surface area contributed by atoms with E-state index in [0.29, 0.717) is 5.28 Å². The minimum atomic E-state index is 0.524. The summed E-state index contributed by atoms with van der Waals surface area (Å²) < 4.78 is 7.07. The Bertz CT molecular complexity index is 464. The number of aromatic nitrogens is 2. The Kier molecular flexibility index (Phi) is 2.33. The van der Waals surface area contributed by atoms with Crippen LogP contribution >= 0.6 is 11.6 Å². The summed E-state index contributed by atoms with van der Waals surface area (Å²) in [6, 6.07) is 5.76. The number of imidazole rings is 1. The number of methoxy groups -OCH3 is 1. The van der Waals surface area contributed by atoms with Crippen molar-refractivity contribution in [2.45, 2.75) is 13.5 Å². The standard InChI is InChI=1S/C10H11ClN2O/c1-3-13-9-5-4-7(14-2)6-8(9)12-10(13)11/h4-6H,3H2,1-2H3. The summed E-state index contributed by atoms with van der Waals surface area (Å²) in [5.74, 6) is 0.801. The fourth-order valence-corrected chi connectivity index (χ4v) is 1.81. The smallest absolute Gasteiger partial charge is 0.203 e. The van der Waals surface area contributed by atoms with Gasteiger partial charge in [-0.05, 0) is 30.7 Å². The number of rotatable bonds is 2. The molecule has 0 saturated heterocycles. The van der Waals surface area contributed by atoms with Gasteiger partial charge in [-0.15, -0.1) is 0 Å². The van der Waals surface area contributed by atoms with E-state index in [2.05, 4.69) is 4.98 Å². The van der Waals surface area contributed by atoms with Gasteiger partial charge >= 0.3 is 0 Å². The Morgan fingerprint density at radius 3 is 2.93 bits per heavy atom. The zero-order valence-electron chi connectivity index (χ0n) is 8.12. The van der Waals surface area contributed by atoms with Crippen LogP contribution in [-0.2, 0) is 6.54 Å². The quantitative estimate of drug-likeness (QED) is 0.762. The van der Waals surface area contributed by atoms with Crippen LogP contribution in [0.4, 0.5) is 0 Å². The van der Waals surface area contributed by atoms with E-state index < -0.39 is 0 Å². The maximum absolute atomic E-state index is 5.97. The van der Waals surface area contributed by atoms with Crippen LogP contribution in [0.3, 0.4) is 0 Å². The van der Waals surface area contributed by atoms with Gasteiger partial charge in [-0.25, -0.2) is 4.98 Å². The first-order valence-electron chi connectivity index (χ1n) is 4.46. The Morgan fingerprint density at radius 2 is 2.29 bits per heavy atom. The van der Waals surface area contributed by atoms with Crippen LogP contribution in [0, 0.1) is 0 Å². The minimum absolute atomic E-state index is 0.524. The van der Waals surface area contributed by atoms with E-state index in [9.17, 15) is 0 Å². The molecule has 14 heavy (non-hydrogen) atoms. The molecule has 0 saturated carbocycles. The van der Waals surface area contributed by atoms with Gasteiger partial charge in [0.15, 0.2) is 0 Å². The number of hydrogen-bond acceptors (Lipinski definition) is 2. The van der Waals surface area contributed by atoms with Gasteiger partial charge in [0, 0.05) is 12.6 Å². The molecule has 2 rings (SSSR count). The highest BCUT2D eigenvalue weighted by Gasteiger charge is 2.07. The van der Waals surface area contributed by atoms with E-state index in [1.807, 2.05) is 29.7 Å². The molecular formula is C10H11ClN2O. The van der Waals surface area contributed by atoms with Gasteiger partial charge in [-0.3, -0.25) is 0 Å². The lowest BCUT2D eigenvalue weighted by Gasteiger charge is -2.01. The Balaban J connectivity index is 2.68. The van der Waals surface area contributed by atoms with E-state index in [0.717, 1.165) is 23.3 Å². The largest absolute Gasteiger partial charge is 0.497 e. The average Bonchev–Trinajstić information content (AvgIpc) is 2.51. The molecule has 4 heteroatoms. The lowest BCUT2D eigenvalue weighted by atomic mass is 10.3. The predicted octanol–water partition coefficient (Wildman–Crippen LogP) is 2.72. The first kappa shape index (κ1) is 9.34. The summed E-state index contributed by atoms with van der Waals surface area (Å²) in [6.45, 7) is 2.86. The van der Waals surface area contributed by atoms with Crippen LogP contribution in [0.15, 0.2) is 18.2 Å². The highest BCUT2D eigenvalue weighted by atomic mass is 35.5. The zero-order valence-corrected chi connectivity index (χ0v) is 8.88. The summed E-state index contributed by atoms with van der Waals surface area (Å²) in [7, 11) is 1.64. The van der Waals surface area contributed by atoms with Crippen LogP contribution in [0.5, 0.6) is 5.75 Å². The van der Waals surface area contributed by atoms with E-state index in [1.54, 1.807) is 7.11 Å². The van der Waals surface area contributed by atoms with Crippen molar-refractivity contribution in [2.75, 3.05) is 7.11 Å². The van der Waals surface area contributed by atoms with Crippen molar-refractivity contribution in [3.05, 3.63) is 23.5 Å². The van der Waals surface area contributed by atoms with Gasteiger partial charge in [-0.1, -0.05) is 0 Å². The molecule has 0 unspecified atom stereocenters. The van der Waals surface area contributed by atoms with Crippen LogP contribution in [0.1, 0.15) is 6.92 Å². The number of fused-ring (bicyclic) bond motifs is 1. The van der Waals surface area contributed by atoms with Gasteiger partial charge in [0.2, 0.25) is 5.28 Å². The van der Waals surface area contributed by atoms with Crippen LogP contribution in [-0.4, -0.2) is 16.7 Å². The maximum Gasteiger partial charge on any atom is 0.203 e. The van der Waals surface area contributed by atoms with Crippen LogP contribution < -0.4 is 4.74 Å². The second-order valence-electron chi connectivity index (χ2n) is 2.98. The van der Waals surface area contributed by atoms with Crippen LogP contribution in [0.2, 0.25) is 5.28 Å². The third-order valence-corrected chi connectivity index (χ3v) is 2.51. The number of benzene rings is 1. The second kappa shape index (κ2) is 3.50. The predicted molar refractivity (Wildman–Crippen MR) is 57.0 cm³/mol. The number of halogens is 1. The van der Waals surface area contributed by atoms with Crippen LogP contribution in [0.25, 0.3) is 11.0 Å². The number of aryl methyl sites for hydroxylation is 1. The van der Waals surface area contributed by atoms with Gasteiger partial charge < -0.3 is 9.30 Å². The maximum atomic E-state index is 5.97. The molecular weight excluding hydrogens is 200 g/mol. The molecule has 0 bridgehead atoms. The molecule has 0 spiro atoms. The number of hydrogen-bond donors (Lipinski definition) is 0. The summed E-state index contributed by atoms with van der Waals surface area (Å²) in [4.78, 5) is 4.24. The lowest BCUT2D eigenvalue weighted by molar-refractivity contribution is 0.415. The molecule has 0 N–H and O–H groups in total. The van der Waals surface area contributed by atoms with Crippen molar-refractivity contribution in [1.82, 2.24) is 9.55 Å². The molecule has 0 aliphatic heterocycles. The molecule has 1 aromatic carbocycles. The van der Waals surface area contributed by atoms with E-state index in [4.69, 9.17) is 16.3 Å². The SMILES string of the molecule is CCn1c(Cl)nc2cc(OC)ccc21. The van der Waals surface area contributed by atoms with E-state index in [1.165, 1.54) is 0 Å². The number of ether oxygens (including phenoxy) is 1. The molecule has 0 radical (unpaired) electrons. The van der Waals surface area contributed by atoms with Crippen molar-refractivity contribution in [3.63, 3.8) is 0 Å². The summed E-state index contributed by atoms with van der Waals surface area (Å²) in [5, 5.41) is 0.524. The Hall–Kier alpha value is -1.22. The minimum Gasteiger partial charge on any atom is -0.497 e. The summed E-state index contributed by atoms with van der Waals surface area (Å²) >= 11 is 5.97. The fourth-order valence-electron chi connectivity index (χ4n) is 1.51. The van der Waals surface area contributed by atoms with Crippen molar-refractivity contribution in [3.8, 4) is 5.75 Å². The van der Waals surface area contributed by atoms with Crippen molar-refractivity contribution in [2.24, 2.45) is 0 Å². The van der Waals surface area contributed by atoms with E-state index >= 15 is 0 Å². The van der Waals surface area contributed by atoms with Gasteiger partial charge in [0.25, 0.3) is 0 Å². The van der Waals surface area contributed by atoms with Gasteiger partial charge in [0.05, 0.1) is 18.1 Å². The van der Waals surface area contributed by atoms with Crippen molar-refractivity contribution in [1.29, 1.82) is 0 Å². The average molecular weight is 211 g/mol. The molecule has 0 amide bonds. The molecule has 1 aromatic heterocycles. The molecule has 74 valence electrons. The fraction of sp³-hybridized carbons (Fsp3) is 0.300. The van der Waals surface area contributed by atoms with Crippen molar-refractivity contribution >= 4 is 22.6 Å². The molecule has 2 aromatic rings. The molecule has 0 aliphatic carbocycles. The highest BCUT2D eigenvalue weighted by Crippen LogP contribution is 2.23. The molecule has 0 atom stereocenters. The highest BCUT2D eigenvalue weighted by molar-refractivity contribution is 6.29. The third kappa shape index (κ3) is 1.34. The summed E-state index contributed by atoms with van der Waals surface area (Å²) in [6.07, 6.45) is 0. The van der Waals surface area contributed by atoms with Gasteiger partial charge in [0.1, 0.15) is 5.75 Å². The molecule has 1 heterocycles. The lowest BCUT2D eigenvalue weighted by Crippen LogP contribution is -1.92. The second-order valence-corrected chi connectivity index (χ2v) is 3.32. The molecule has 3 nitrogen and oxygen atoms in total. The van der Waals surface area contributed by atoms with Gasteiger partial charge in [-0.2, -0.15) is 0 Å². The monoisotopic (exact) mass is 210 g/mol. The summed E-state index contributed by atoms with van der Waals surface area (Å²) in [5.41, 5.74) is 1.91. The first-order valence-corrected chi connectivity index (χ1v) is 4.84. The first-order chi connectivity index (χ1) is 6.76.